The Hall–Kier alpha value is -3.85. The first-order chi connectivity index (χ1) is 13.9. The van der Waals surface area contributed by atoms with Gasteiger partial charge in [0.1, 0.15) is 5.82 Å². The average Bonchev–Trinajstić information content (AvgIpc) is 3.21. The predicted molar refractivity (Wildman–Crippen MR) is 107 cm³/mol. The van der Waals surface area contributed by atoms with Crippen molar-refractivity contribution >= 4 is 34.9 Å². The van der Waals surface area contributed by atoms with Crippen LogP contribution in [0.5, 0.6) is 0 Å². The zero-order valence-electron chi connectivity index (χ0n) is 14.8. The zero-order valence-corrected chi connectivity index (χ0v) is 15.6. The largest absolute Gasteiger partial charge is 0.279 e. The van der Waals surface area contributed by atoms with E-state index in [2.05, 4.69) is 10.9 Å². The van der Waals surface area contributed by atoms with Gasteiger partial charge >= 0.3 is 0 Å². The molecular weight excluding hydrogens is 397 g/mol. The molecule has 1 aromatic heterocycles. The Morgan fingerprint density at radius 1 is 1.00 bits per heavy atom. The van der Waals surface area contributed by atoms with Gasteiger partial charge in [0.2, 0.25) is 0 Å². The molecule has 3 aromatic rings. The molecule has 0 unspecified atom stereocenters. The highest BCUT2D eigenvalue weighted by molar-refractivity contribution is 7.17. The first-order valence-corrected chi connectivity index (χ1v) is 9.13. The van der Waals surface area contributed by atoms with E-state index >= 15 is 0 Å². The Bertz CT molecular complexity index is 1090. The van der Waals surface area contributed by atoms with Crippen LogP contribution in [0.25, 0.3) is 16.5 Å². The molecule has 0 aliphatic rings. The van der Waals surface area contributed by atoms with E-state index in [1.165, 1.54) is 47.7 Å². The van der Waals surface area contributed by atoms with Gasteiger partial charge in [-0.3, -0.25) is 30.6 Å². The fourth-order valence-corrected chi connectivity index (χ4v) is 3.32. The second-order valence-electron chi connectivity index (χ2n) is 5.76. The number of nitrogens with zero attached hydrogens (tertiary/aromatic N) is 1. The molecule has 0 bridgehead atoms. The molecule has 0 radical (unpaired) electrons. The summed E-state index contributed by atoms with van der Waals surface area (Å²) < 4.78 is 13.0. The normalized spacial score (nSPS) is 10.7. The molecule has 0 fully saturated rings. The van der Waals surface area contributed by atoms with Crippen LogP contribution < -0.4 is 10.9 Å². The molecule has 0 saturated heterocycles. The molecule has 2 amide bonds. The number of halogens is 1. The van der Waals surface area contributed by atoms with Crippen molar-refractivity contribution in [3.63, 3.8) is 0 Å². The number of hydrogen-bond acceptors (Lipinski definition) is 5. The van der Waals surface area contributed by atoms with E-state index in [1.807, 2.05) is 0 Å². The number of carbonyl (C=O) groups is 2. The van der Waals surface area contributed by atoms with E-state index in [9.17, 15) is 24.1 Å². The molecule has 0 saturated carbocycles. The van der Waals surface area contributed by atoms with Crippen LogP contribution in [-0.2, 0) is 4.79 Å². The monoisotopic (exact) mass is 411 g/mol. The van der Waals surface area contributed by atoms with Crippen LogP contribution in [0, 0.1) is 15.9 Å². The van der Waals surface area contributed by atoms with Gasteiger partial charge in [-0.25, -0.2) is 4.39 Å². The second-order valence-corrected chi connectivity index (χ2v) is 6.85. The van der Waals surface area contributed by atoms with Crippen LogP contribution in [0.3, 0.4) is 0 Å². The van der Waals surface area contributed by atoms with Gasteiger partial charge in [0.05, 0.1) is 15.4 Å². The van der Waals surface area contributed by atoms with E-state index in [0.29, 0.717) is 4.88 Å². The van der Waals surface area contributed by atoms with Crippen LogP contribution in [0.15, 0.2) is 66.7 Å². The number of benzene rings is 2. The Kier molecular flexibility index (Phi) is 6.10. The highest BCUT2D eigenvalue weighted by Crippen LogP contribution is 2.28. The summed E-state index contributed by atoms with van der Waals surface area (Å²) in [6.07, 6.45) is 2.37. The van der Waals surface area contributed by atoms with Gasteiger partial charge in [-0.2, -0.15) is 0 Å². The van der Waals surface area contributed by atoms with Crippen molar-refractivity contribution in [2.45, 2.75) is 0 Å². The minimum absolute atomic E-state index is 0.132. The number of carbonyl (C=O) groups excluding carboxylic acids is 2. The number of thiophene rings is 1. The fraction of sp³-hybridized carbons (Fsp3) is 0. The van der Waals surface area contributed by atoms with Crippen molar-refractivity contribution in [2.75, 3.05) is 0 Å². The molecule has 2 N–H and O–H groups in total. The van der Waals surface area contributed by atoms with Gasteiger partial charge in [0.15, 0.2) is 0 Å². The van der Waals surface area contributed by atoms with Gasteiger partial charge in [-0.05, 0) is 42.0 Å². The van der Waals surface area contributed by atoms with E-state index in [-0.39, 0.29) is 17.1 Å². The quantitative estimate of drug-likeness (QED) is 0.377. The summed E-state index contributed by atoms with van der Waals surface area (Å²) >= 11 is 1.19. The fourth-order valence-electron chi connectivity index (χ4n) is 2.41. The third kappa shape index (κ3) is 5.11. The Labute approximate surface area is 168 Å². The Morgan fingerprint density at radius 2 is 1.72 bits per heavy atom. The van der Waals surface area contributed by atoms with Crippen LogP contribution in [0.1, 0.15) is 15.2 Å². The van der Waals surface area contributed by atoms with Crippen molar-refractivity contribution in [2.24, 2.45) is 0 Å². The zero-order chi connectivity index (χ0) is 20.8. The van der Waals surface area contributed by atoms with Crippen LogP contribution in [0.2, 0.25) is 0 Å². The topological polar surface area (TPSA) is 101 Å². The highest BCUT2D eigenvalue weighted by Gasteiger charge is 2.12. The van der Waals surface area contributed by atoms with Crippen molar-refractivity contribution in [1.82, 2.24) is 10.9 Å². The van der Waals surface area contributed by atoms with Crippen molar-refractivity contribution < 1.29 is 18.9 Å². The molecule has 1 heterocycles. The van der Waals surface area contributed by atoms with E-state index in [4.69, 9.17) is 0 Å². The molecular formula is C20H14FN3O4S. The summed E-state index contributed by atoms with van der Waals surface area (Å²) in [7, 11) is 0. The Balaban J connectivity index is 1.59. The number of rotatable bonds is 5. The molecule has 0 aliphatic carbocycles. The molecule has 9 heteroatoms. The minimum atomic E-state index is -0.646. The number of nitro groups is 1. The smallest absolute Gasteiger partial charge is 0.268 e. The first-order valence-electron chi connectivity index (χ1n) is 8.31. The van der Waals surface area contributed by atoms with Crippen molar-refractivity contribution in [3.8, 4) is 10.4 Å². The maximum absolute atomic E-state index is 13.0. The van der Waals surface area contributed by atoms with Crippen LogP contribution in [0.4, 0.5) is 10.1 Å². The lowest BCUT2D eigenvalue weighted by Crippen LogP contribution is -2.40. The summed E-state index contributed by atoms with van der Waals surface area (Å²) in [6, 6.07) is 15.2. The molecule has 7 nitrogen and oxygen atoms in total. The SMILES string of the molecule is O=C(/C=C/c1ccccc1[N+](=O)[O-])NNC(=O)c1ccc(-c2ccc(F)cc2)s1. The summed E-state index contributed by atoms with van der Waals surface area (Å²) in [6.45, 7) is 0. The van der Waals surface area contributed by atoms with Crippen LogP contribution >= 0.6 is 11.3 Å². The molecule has 3 rings (SSSR count). The second kappa shape index (κ2) is 8.89. The number of nitrogens with one attached hydrogen (secondary N) is 2. The molecule has 146 valence electrons. The van der Waals surface area contributed by atoms with E-state index < -0.39 is 16.7 Å². The summed E-state index contributed by atoms with van der Waals surface area (Å²) in [5.41, 5.74) is 5.39. The van der Waals surface area contributed by atoms with Gasteiger partial charge in [-0.1, -0.05) is 24.3 Å². The summed E-state index contributed by atoms with van der Waals surface area (Å²) in [4.78, 5) is 35.6. The molecule has 0 aliphatic heterocycles. The lowest BCUT2D eigenvalue weighted by atomic mass is 10.1. The van der Waals surface area contributed by atoms with Crippen molar-refractivity contribution in [1.29, 1.82) is 0 Å². The summed E-state index contributed by atoms with van der Waals surface area (Å²) in [5.74, 6) is -1.51. The number of hydrazine groups is 1. The lowest BCUT2D eigenvalue weighted by molar-refractivity contribution is -0.385. The number of nitro benzene ring substituents is 1. The number of para-hydroxylation sites is 1. The van der Waals surface area contributed by atoms with Gasteiger partial charge in [0, 0.05) is 17.0 Å². The van der Waals surface area contributed by atoms with Gasteiger partial charge in [0.25, 0.3) is 17.5 Å². The number of hydrogen-bond donors (Lipinski definition) is 2. The predicted octanol–water partition coefficient (Wildman–Crippen LogP) is 3.94. The molecule has 0 spiro atoms. The average molecular weight is 411 g/mol. The van der Waals surface area contributed by atoms with E-state index in [1.54, 1.807) is 30.3 Å². The third-order valence-electron chi connectivity index (χ3n) is 3.81. The molecule has 2 aromatic carbocycles. The maximum atomic E-state index is 13.0. The van der Waals surface area contributed by atoms with E-state index in [0.717, 1.165) is 16.5 Å². The highest BCUT2D eigenvalue weighted by atomic mass is 32.1. The van der Waals surface area contributed by atoms with Crippen molar-refractivity contribution in [3.05, 3.63) is 93.1 Å². The number of amides is 2. The third-order valence-corrected chi connectivity index (χ3v) is 4.94. The van der Waals surface area contributed by atoms with Crippen LogP contribution in [-0.4, -0.2) is 16.7 Å². The van der Waals surface area contributed by atoms with Gasteiger partial charge in [-0.15, -0.1) is 11.3 Å². The molecule has 29 heavy (non-hydrogen) atoms. The summed E-state index contributed by atoms with van der Waals surface area (Å²) in [5, 5.41) is 11.0. The minimum Gasteiger partial charge on any atom is -0.268 e. The maximum Gasteiger partial charge on any atom is 0.279 e. The standard InChI is InChI=1S/C20H14FN3O4S/c21-15-8-5-14(6-9-15)17-10-11-18(29-17)20(26)23-22-19(25)12-7-13-3-1-2-4-16(13)24(27)28/h1-12H,(H,22,25)(H,23,26)/b12-7+. The lowest BCUT2D eigenvalue weighted by Gasteiger charge is -2.03. The Morgan fingerprint density at radius 3 is 2.45 bits per heavy atom. The first kappa shape index (κ1) is 19.9. The molecule has 0 atom stereocenters. The van der Waals surface area contributed by atoms with Gasteiger partial charge < -0.3 is 0 Å².